The number of hydrogen-bond donors (Lipinski definition) is 1. The molecule has 1 fully saturated rings. The lowest BCUT2D eigenvalue weighted by Gasteiger charge is -2.34. The molecule has 20 heavy (non-hydrogen) atoms. The second kappa shape index (κ2) is 4.83. The van der Waals surface area contributed by atoms with E-state index in [-0.39, 0.29) is 18.1 Å². The first kappa shape index (κ1) is 13.0. The Balaban J connectivity index is 1.88. The van der Waals surface area contributed by atoms with Gasteiger partial charge in [-0.2, -0.15) is 0 Å². The standard InChI is InChI=1S/C15H18N2O3/c1-9-7-17(8-10(2)19-9)15(18)14-6-11-5-12(16)3-4-13(11)20-14/h3-6,9-10H,7-8,16H2,1-2H3. The molecule has 0 saturated carbocycles. The van der Waals surface area contributed by atoms with Gasteiger partial charge in [0.1, 0.15) is 5.58 Å². The van der Waals surface area contributed by atoms with Gasteiger partial charge < -0.3 is 19.8 Å². The Morgan fingerprint density at radius 1 is 1.25 bits per heavy atom. The number of furan rings is 1. The summed E-state index contributed by atoms with van der Waals surface area (Å²) in [5, 5.41) is 0.850. The van der Waals surface area contributed by atoms with Crippen molar-refractivity contribution in [1.29, 1.82) is 0 Å². The van der Waals surface area contributed by atoms with Crippen LogP contribution in [0.1, 0.15) is 24.4 Å². The van der Waals surface area contributed by atoms with Crippen molar-refractivity contribution in [3.8, 4) is 0 Å². The van der Waals surface area contributed by atoms with E-state index < -0.39 is 0 Å². The number of fused-ring (bicyclic) bond motifs is 1. The molecule has 5 heteroatoms. The first-order valence-electron chi connectivity index (χ1n) is 6.77. The number of hydrogen-bond acceptors (Lipinski definition) is 4. The van der Waals surface area contributed by atoms with E-state index in [4.69, 9.17) is 14.9 Å². The zero-order valence-corrected chi connectivity index (χ0v) is 11.6. The van der Waals surface area contributed by atoms with E-state index in [0.717, 1.165) is 5.39 Å². The molecule has 1 aliphatic rings. The normalized spacial score (nSPS) is 23.2. The third-order valence-corrected chi connectivity index (χ3v) is 3.46. The van der Waals surface area contributed by atoms with Gasteiger partial charge >= 0.3 is 0 Å². The first-order chi connectivity index (χ1) is 9.52. The van der Waals surface area contributed by atoms with Crippen molar-refractivity contribution < 1.29 is 13.9 Å². The van der Waals surface area contributed by atoms with E-state index in [1.807, 2.05) is 13.8 Å². The maximum Gasteiger partial charge on any atom is 0.289 e. The molecule has 1 amide bonds. The van der Waals surface area contributed by atoms with Gasteiger partial charge in [0.2, 0.25) is 0 Å². The van der Waals surface area contributed by atoms with Crippen molar-refractivity contribution in [1.82, 2.24) is 4.90 Å². The van der Waals surface area contributed by atoms with Gasteiger partial charge in [-0.1, -0.05) is 0 Å². The molecule has 2 aromatic rings. The topological polar surface area (TPSA) is 68.7 Å². The molecular weight excluding hydrogens is 256 g/mol. The number of rotatable bonds is 1. The molecule has 2 heterocycles. The molecule has 0 bridgehead atoms. The molecule has 106 valence electrons. The minimum atomic E-state index is -0.0956. The van der Waals surface area contributed by atoms with Crippen LogP contribution in [-0.2, 0) is 4.74 Å². The average molecular weight is 274 g/mol. The summed E-state index contributed by atoms with van der Waals surface area (Å²) in [5.41, 5.74) is 7.07. The van der Waals surface area contributed by atoms with Crippen molar-refractivity contribution in [3.63, 3.8) is 0 Å². The highest BCUT2D eigenvalue weighted by atomic mass is 16.5. The maximum atomic E-state index is 12.5. The number of anilines is 1. The quantitative estimate of drug-likeness (QED) is 0.810. The maximum absolute atomic E-state index is 12.5. The molecule has 1 aromatic heterocycles. The molecule has 1 aliphatic heterocycles. The zero-order valence-electron chi connectivity index (χ0n) is 11.6. The lowest BCUT2D eigenvalue weighted by molar-refractivity contribution is -0.0591. The second-order valence-corrected chi connectivity index (χ2v) is 5.38. The van der Waals surface area contributed by atoms with E-state index in [2.05, 4.69) is 0 Å². The van der Waals surface area contributed by atoms with Crippen LogP contribution in [0.2, 0.25) is 0 Å². The highest BCUT2D eigenvalue weighted by Gasteiger charge is 2.28. The van der Waals surface area contributed by atoms with Crippen LogP contribution in [0.15, 0.2) is 28.7 Å². The molecule has 1 aromatic carbocycles. The smallest absolute Gasteiger partial charge is 0.289 e. The summed E-state index contributed by atoms with van der Waals surface area (Å²) in [6, 6.07) is 7.10. The first-order valence-corrected chi connectivity index (χ1v) is 6.77. The number of morpholine rings is 1. The largest absolute Gasteiger partial charge is 0.451 e. The third kappa shape index (κ3) is 2.36. The van der Waals surface area contributed by atoms with Gasteiger partial charge in [0, 0.05) is 24.2 Å². The number of carbonyl (C=O) groups is 1. The fourth-order valence-electron chi connectivity index (χ4n) is 2.67. The van der Waals surface area contributed by atoms with E-state index in [9.17, 15) is 4.79 Å². The summed E-state index contributed by atoms with van der Waals surface area (Å²) in [4.78, 5) is 14.3. The number of amides is 1. The number of ether oxygens (including phenoxy) is 1. The second-order valence-electron chi connectivity index (χ2n) is 5.38. The third-order valence-electron chi connectivity index (χ3n) is 3.46. The van der Waals surface area contributed by atoms with Crippen molar-refractivity contribution >= 4 is 22.6 Å². The van der Waals surface area contributed by atoms with Crippen LogP contribution in [0.3, 0.4) is 0 Å². The molecular formula is C15H18N2O3. The predicted molar refractivity (Wildman–Crippen MR) is 76.5 cm³/mol. The summed E-state index contributed by atoms with van der Waals surface area (Å²) < 4.78 is 11.3. The zero-order chi connectivity index (χ0) is 14.3. The molecule has 3 rings (SSSR count). The fraction of sp³-hybridized carbons (Fsp3) is 0.400. The molecule has 0 spiro atoms. The van der Waals surface area contributed by atoms with Crippen LogP contribution in [0.5, 0.6) is 0 Å². The van der Waals surface area contributed by atoms with Crippen molar-refractivity contribution in [2.24, 2.45) is 0 Å². The summed E-state index contributed by atoms with van der Waals surface area (Å²) in [5.74, 6) is 0.258. The highest BCUT2D eigenvalue weighted by Crippen LogP contribution is 2.23. The Hall–Kier alpha value is -2.01. The van der Waals surface area contributed by atoms with Gasteiger partial charge in [-0.05, 0) is 38.1 Å². The van der Waals surface area contributed by atoms with Crippen molar-refractivity contribution in [3.05, 3.63) is 30.0 Å². The van der Waals surface area contributed by atoms with Crippen LogP contribution in [-0.4, -0.2) is 36.1 Å². The Morgan fingerprint density at radius 2 is 1.95 bits per heavy atom. The Kier molecular flexibility index (Phi) is 3.14. The van der Waals surface area contributed by atoms with Gasteiger partial charge in [-0.25, -0.2) is 0 Å². The average Bonchev–Trinajstić information content (AvgIpc) is 2.79. The van der Waals surface area contributed by atoms with Crippen LogP contribution >= 0.6 is 0 Å². The van der Waals surface area contributed by atoms with Gasteiger partial charge in [0.25, 0.3) is 5.91 Å². The number of nitrogens with zero attached hydrogens (tertiary/aromatic N) is 1. The van der Waals surface area contributed by atoms with Crippen molar-refractivity contribution in [2.45, 2.75) is 26.1 Å². The van der Waals surface area contributed by atoms with Crippen molar-refractivity contribution in [2.75, 3.05) is 18.8 Å². The van der Waals surface area contributed by atoms with E-state index >= 15 is 0 Å². The lowest BCUT2D eigenvalue weighted by Crippen LogP contribution is -2.48. The van der Waals surface area contributed by atoms with Gasteiger partial charge in [0.15, 0.2) is 5.76 Å². The molecule has 0 radical (unpaired) electrons. The van der Waals surface area contributed by atoms with Gasteiger partial charge in [-0.15, -0.1) is 0 Å². The molecule has 1 saturated heterocycles. The summed E-state index contributed by atoms with van der Waals surface area (Å²) in [7, 11) is 0. The molecule has 0 aliphatic carbocycles. The van der Waals surface area contributed by atoms with Crippen LogP contribution in [0.4, 0.5) is 5.69 Å². The lowest BCUT2D eigenvalue weighted by atomic mass is 10.2. The minimum absolute atomic E-state index is 0.0442. The predicted octanol–water partition coefficient (Wildman–Crippen LogP) is 2.26. The van der Waals surface area contributed by atoms with Gasteiger partial charge in [0.05, 0.1) is 12.2 Å². The SMILES string of the molecule is CC1CN(C(=O)c2cc3cc(N)ccc3o2)CC(C)O1. The van der Waals surface area contributed by atoms with Crippen LogP contribution in [0.25, 0.3) is 11.0 Å². The minimum Gasteiger partial charge on any atom is -0.451 e. The monoisotopic (exact) mass is 274 g/mol. The number of carbonyl (C=O) groups excluding carboxylic acids is 1. The Morgan fingerprint density at radius 3 is 2.65 bits per heavy atom. The summed E-state index contributed by atoms with van der Waals surface area (Å²) in [6.07, 6.45) is 0.0884. The van der Waals surface area contributed by atoms with Crippen LogP contribution < -0.4 is 5.73 Å². The summed E-state index contributed by atoms with van der Waals surface area (Å²) >= 11 is 0. The summed E-state index contributed by atoms with van der Waals surface area (Å²) in [6.45, 7) is 5.11. The van der Waals surface area contributed by atoms with E-state index in [0.29, 0.717) is 30.1 Å². The molecule has 2 atom stereocenters. The fourth-order valence-corrected chi connectivity index (χ4v) is 2.67. The Bertz CT molecular complexity index is 640. The van der Waals surface area contributed by atoms with Gasteiger partial charge in [-0.3, -0.25) is 4.79 Å². The van der Waals surface area contributed by atoms with Crippen LogP contribution in [0, 0.1) is 0 Å². The number of nitrogens with two attached hydrogens (primary N) is 1. The van der Waals surface area contributed by atoms with E-state index in [1.165, 1.54) is 0 Å². The van der Waals surface area contributed by atoms with E-state index in [1.54, 1.807) is 29.2 Å². The number of benzene rings is 1. The Labute approximate surface area is 117 Å². The molecule has 5 nitrogen and oxygen atoms in total. The highest BCUT2D eigenvalue weighted by molar-refractivity contribution is 5.96. The number of nitrogen functional groups attached to an aromatic ring is 1. The molecule has 2 N–H and O–H groups in total. The molecule has 2 unspecified atom stereocenters.